The Labute approximate surface area is 296 Å². The number of thiophene rings is 1. The van der Waals surface area contributed by atoms with E-state index in [2.05, 4.69) is 63.8 Å². The monoisotopic (exact) mass is 740 g/mol. The number of benzene rings is 2. The number of anilines is 2. The number of halogens is 2. The van der Waals surface area contributed by atoms with Gasteiger partial charge >= 0.3 is 12.1 Å². The molecule has 19 nitrogen and oxygen atoms in total. The molecular formula is C28H26Cl2N14O5S. The molecule has 4 unspecified atom stereocenters. The number of carbonyl (C=O) groups is 5. The smallest absolute Gasteiger partial charge is 0.308 e. The minimum absolute atomic E-state index is 0.0430. The number of guanidine groups is 2. The first-order chi connectivity index (χ1) is 24.1. The fourth-order valence-electron chi connectivity index (χ4n) is 5.42. The largest absolute Gasteiger partial charge is 0.326 e. The number of hydrogen-bond donors (Lipinski definition) is 10. The first kappa shape index (κ1) is 32.9. The summed E-state index contributed by atoms with van der Waals surface area (Å²) in [5.41, 5.74) is 11.8. The van der Waals surface area contributed by atoms with Crippen molar-refractivity contribution in [1.82, 2.24) is 53.0 Å². The first-order valence-electron chi connectivity index (χ1n) is 14.8. The number of nitrogens with one attached hydrogen (secondary N) is 10. The molecule has 0 aliphatic carbocycles. The summed E-state index contributed by atoms with van der Waals surface area (Å²) >= 11 is 13.0. The van der Waals surface area contributed by atoms with Crippen LogP contribution in [0, 0.1) is 5.92 Å². The van der Waals surface area contributed by atoms with E-state index in [0.717, 1.165) is 11.3 Å². The highest BCUT2D eigenvalue weighted by atomic mass is 35.5. The van der Waals surface area contributed by atoms with Crippen molar-refractivity contribution in [3.05, 3.63) is 81.0 Å². The SMILES string of the molecule is O=C(NC1=NNC2NC(C(C(=O)c3cccs3)C3NC4NN=C(NC(=O)Nc5ccc(Cl)cc5)N4NC3=O)C(=O)NN12)Nc1ccc(Cl)cc1. The molecule has 6 amide bonds. The molecule has 10 N–H and O–H groups in total. The third kappa shape index (κ3) is 6.77. The minimum Gasteiger partial charge on any atom is -0.308 e. The molecule has 2 aromatic carbocycles. The second-order valence-corrected chi connectivity index (χ2v) is 12.8. The van der Waals surface area contributed by atoms with E-state index in [1.54, 1.807) is 66.0 Å². The van der Waals surface area contributed by atoms with Crippen molar-refractivity contribution in [2.24, 2.45) is 16.1 Å². The van der Waals surface area contributed by atoms with Crippen LogP contribution in [-0.2, 0) is 9.59 Å². The lowest BCUT2D eigenvalue weighted by molar-refractivity contribution is -0.138. The quantitative estimate of drug-likeness (QED) is 0.156. The Morgan fingerprint density at radius 1 is 0.700 bits per heavy atom. The molecular weight excluding hydrogens is 715 g/mol. The number of amides is 6. The van der Waals surface area contributed by atoms with Gasteiger partial charge in [0.05, 0.1) is 10.8 Å². The van der Waals surface area contributed by atoms with Gasteiger partial charge in [0.1, 0.15) is 12.1 Å². The molecule has 5 heterocycles. The van der Waals surface area contributed by atoms with Crippen molar-refractivity contribution in [1.29, 1.82) is 0 Å². The lowest BCUT2D eigenvalue weighted by Gasteiger charge is -2.43. The molecule has 4 aliphatic rings. The van der Waals surface area contributed by atoms with Gasteiger partial charge in [-0.25, -0.2) is 19.6 Å². The molecule has 1 aromatic heterocycles. The van der Waals surface area contributed by atoms with Gasteiger partial charge in [-0.05, 0) is 60.0 Å². The maximum absolute atomic E-state index is 14.0. The Balaban J connectivity index is 1.03. The second kappa shape index (κ2) is 13.7. The predicted molar refractivity (Wildman–Crippen MR) is 182 cm³/mol. The van der Waals surface area contributed by atoms with Gasteiger partial charge in [0, 0.05) is 21.4 Å². The van der Waals surface area contributed by atoms with Crippen LogP contribution in [-0.4, -0.2) is 76.3 Å². The summed E-state index contributed by atoms with van der Waals surface area (Å²) < 4.78 is 0. The van der Waals surface area contributed by atoms with Gasteiger partial charge in [0.2, 0.25) is 11.9 Å². The molecule has 50 heavy (non-hydrogen) atoms. The van der Waals surface area contributed by atoms with Gasteiger partial charge in [-0.1, -0.05) is 29.3 Å². The van der Waals surface area contributed by atoms with Crippen LogP contribution < -0.4 is 53.6 Å². The highest BCUT2D eigenvalue weighted by molar-refractivity contribution is 7.12. The third-order valence-corrected chi connectivity index (χ3v) is 9.09. The average Bonchev–Trinajstić information content (AvgIpc) is 3.85. The molecule has 0 saturated carbocycles. The maximum atomic E-state index is 14.0. The van der Waals surface area contributed by atoms with Crippen molar-refractivity contribution in [3.8, 4) is 0 Å². The molecule has 0 spiro atoms. The van der Waals surface area contributed by atoms with Gasteiger partial charge in [0.15, 0.2) is 18.4 Å². The van der Waals surface area contributed by atoms with Crippen molar-refractivity contribution >= 4 is 87.5 Å². The molecule has 2 saturated heterocycles. The summed E-state index contributed by atoms with van der Waals surface area (Å²) in [7, 11) is 0. The van der Waals surface area contributed by atoms with Gasteiger partial charge in [-0.3, -0.25) is 57.4 Å². The molecule has 258 valence electrons. The van der Waals surface area contributed by atoms with E-state index >= 15 is 0 Å². The van der Waals surface area contributed by atoms with Crippen LogP contribution in [0.25, 0.3) is 0 Å². The van der Waals surface area contributed by atoms with Gasteiger partial charge in [-0.15, -0.1) is 21.5 Å². The second-order valence-electron chi connectivity index (χ2n) is 11.0. The molecule has 0 bridgehead atoms. The average molecular weight is 742 g/mol. The highest BCUT2D eigenvalue weighted by Gasteiger charge is 2.52. The zero-order valence-corrected chi connectivity index (χ0v) is 27.6. The van der Waals surface area contributed by atoms with Crippen molar-refractivity contribution < 1.29 is 24.0 Å². The summed E-state index contributed by atoms with van der Waals surface area (Å²) in [5.74, 6) is -3.22. The summed E-state index contributed by atoms with van der Waals surface area (Å²) in [4.78, 5) is 66.9. The Hall–Kier alpha value is -5.67. The molecule has 0 radical (unpaired) electrons. The van der Waals surface area contributed by atoms with Crippen LogP contribution in [0.3, 0.4) is 0 Å². The Morgan fingerprint density at radius 3 is 1.58 bits per heavy atom. The molecule has 3 aromatic rings. The number of nitrogens with zero attached hydrogens (tertiary/aromatic N) is 4. The van der Waals surface area contributed by atoms with Crippen LogP contribution in [0.4, 0.5) is 21.0 Å². The predicted octanol–water partition coefficient (Wildman–Crippen LogP) is 0.423. The van der Waals surface area contributed by atoms with E-state index in [0.29, 0.717) is 26.3 Å². The zero-order valence-electron chi connectivity index (χ0n) is 25.2. The van der Waals surface area contributed by atoms with Crippen LogP contribution >= 0.6 is 34.5 Å². The van der Waals surface area contributed by atoms with Gasteiger partial charge in [0.25, 0.3) is 11.8 Å². The third-order valence-electron chi connectivity index (χ3n) is 7.70. The number of hydrazine groups is 2. The Kier molecular flexibility index (Phi) is 8.99. The maximum Gasteiger partial charge on any atom is 0.326 e. The molecule has 22 heteroatoms. The van der Waals surface area contributed by atoms with Crippen LogP contribution in [0.2, 0.25) is 10.0 Å². The van der Waals surface area contributed by atoms with Gasteiger partial charge < -0.3 is 10.6 Å². The van der Waals surface area contributed by atoms with E-state index < -0.39 is 60.2 Å². The lowest BCUT2D eigenvalue weighted by atomic mass is 9.84. The van der Waals surface area contributed by atoms with Crippen molar-refractivity contribution in [2.45, 2.75) is 24.7 Å². The zero-order chi connectivity index (χ0) is 34.9. The number of fused-ring (bicyclic) bond motifs is 2. The van der Waals surface area contributed by atoms with E-state index in [9.17, 15) is 24.0 Å². The van der Waals surface area contributed by atoms with Crippen LogP contribution in [0.15, 0.2) is 76.2 Å². The minimum atomic E-state index is -1.29. The lowest BCUT2D eigenvalue weighted by Crippen LogP contribution is -2.77. The Bertz CT molecular complexity index is 1780. The standard InChI is InChI=1S/C28H26Cl2N14O5S/c29-12-3-7-14(8-4-12)31-27(48)35-25-39-37-23-33-18(21(46)41-43(23)25)17(20(45)16-2-1-11-50-16)19-22(47)42-44-24(34-19)38-40-26(44)36-28(49)32-15-9-5-13(30)6-10-15/h1-11,17-19,23-24,33-34,37-38H,(H,41,46)(H,42,47)(H2,31,35,39,48)(H2,32,36,40,49). The summed E-state index contributed by atoms with van der Waals surface area (Å²) in [6.07, 6.45) is -1.82. The van der Waals surface area contributed by atoms with Crippen molar-refractivity contribution in [3.63, 3.8) is 0 Å². The topological polar surface area (TPSA) is 237 Å². The highest BCUT2D eigenvalue weighted by Crippen LogP contribution is 2.26. The number of hydrogen-bond acceptors (Lipinski definition) is 14. The fourth-order valence-corrected chi connectivity index (χ4v) is 6.39. The molecule has 7 rings (SSSR count). The first-order valence-corrected chi connectivity index (χ1v) is 16.4. The van der Waals surface area contributed by atoms with E-state index in [1.165, 1.54) is 10.0 Å². The summed E-state index contributed by atoms with van der Waals surface area (Å²) in [6.45, 7) is 0. The van der Waals surface area contributed by atoms with Gasteiger partial charge in [-0.2, -0.15) is 0 Å². The van der Waals surface area contributed by atoms with Crippen LogP contribution in [0.1, 0.15) is 9.67 Å². The Morgan fingerprint density at radius 2 is 1.16 bits per heavy atom. The van der Waals surface area contributed by atoms with Crippen molar-refractivity contribution in [2.75, 3.05) is 10.6 Å². The number of urea groups is 2. The fraction of sp³-hybridized carbons (Fsp3) is 0.179. The van der Waals surface area contributed by atoms with Crippen LogP contribution in [0.5, 0.6) is 0 Å². The normalized spacial score (nSPS) is 22.7. The number of ketones is 1. The number of hydrazone groups is 2. The molecule has 4 atom stereocenters. The van der Waals surface area contributed by atoms with E-state index in [1.807, 2.05) is 0 Å². The number of carbonyl (C=O) groups excluding carboxylic acids is 5. The summed E-state index contributed by atoms with van der Waals surface area (Å²) in [6, 6.07) is 12.3. The van der Waals surface area contributed by atoms with E-state index in [-0.39, 0.29) is 11.9 Å². The summed E-state index contributed by atoms with van der Waals surface area (Å²) in [5, 5.41) is 29.8. The number of rotatable bonds is 6. The molecule has 2 fully saturated rings. The van der Waals surface area contributed by atoms with E-state index in [4.69, 9.17) is 23.2 Å². The number of Topliss-reactive ketones (excluding diaryl/α,β-unsaturated/α-hetero) is 1. The molecule has 4 aliphatic heterocycles.